The van der Waals surface area contributed by atoms with Crippen molar-refractivity contribution in [1.82, 2.24) is 4.57 Å². The predicted octanol–water partition coefficient (Wildman–Crippen LogP) is 24.3. The van der Waals surface area contributed by atoms with Gasteiger partial charge in [-0.2, -0.15) is 0 Å². The molecule has 0 radical (unpaired) electrons. The second-order valence-electron chi connectivity index (χ2n) is 29.2. The first-order valence-electron chi connectivity index (χ1n) is 35.2. The van der Waals surface area contributed by atoms with Gasteiger partial charge in [0.2, 0.25) is 0 Å². The molecule has 0 aliphatic carbocycles. The van der Waals surface area contributed by atoms with Crippen LogP contribution in [0.25, 0.3) is 116 Å². The monoisotopic (exact) mass is 1280 g/mol. The molecule has 0 fully saturated rings. The molecule has 15 aromatic carbocycles. The van der Waals surface area contributed by atoms with Gasteiger partial charge in [0, 0.05) is 55.8 Å². The normalized spacial score (nSPS) is 12.6. The van der Waals surface area contributed by atoms with Gasteiger partial charge in [-0.25, -0.2) is 0 Å². The highest BCUT2D eigenvalue weighted by atomic mass is 15.2. The quantitative estimate of drug-likeness (QED) is 0.126. The van der Waals surface area contributed by atoms with E-state index in [2.05, 4.69) is 396 Å². The average Bonchev–Trinajstić information content (AvgIpc) is 1.01. The number of benzene rings is 15. The van der Waals surface area contributed by atoms with Crippen molar-refractivity contribution in [3.8, 4) is 83.6 Å². The van der Waals surface area contributed by atoms with Crippen LogP contribution in [0.4, 0.5) is 34.1 Å². The van der Waals surface area contributed by atoms with E-state index in [0.717, 1.165) is 95.4 Å². The van der Waals surface area contributed by atoms with E-state index in [-0.39, 0.29) is 17.5 Å². The Bertz CT molecular complexity index is 5450. The van der Waals surface area contributed by atoms with E-state index < -0.39 is 0 Å². The Morgan fingerprint density at radius 2 is 0.580 bits per heavy atom. The molecule has 0 unspecified atom stereocenters. The van der Waals surface area contributed by atoms with E-state index in [9.17, 15) is 0 Å². The van der Waals surface area contributed by atoms with Crippen molar-refractivity contribution < 1.29 is 0 Å². The number of aromatic nitrogens is 1. The summed E-state index contributed by atoms with van der Waals surface area (Å²) in [5.41, 5.74) is 32.2. The van der Waals surface area contributed by atoms with Gasteiger partial charge in [-0.15, -0.1) is 0 Å². The van der Waals surface area contributed by atoms with Gasteiger partial charge < -0.3 is 14.4 Å². The number of hydrogen-bond acceptors (Lipinski definition) is 2. The second kappa shape index (κ2) is 23.9. The minimum absolute atomic E-state index is 0.199. The van der Waals surface area contributed by atoms with E-state index in [0.29, 0.717) is 0 Å². The van der Waals surface area contributed by atoms with Crippen molar-refractivity contribution in [1.29, 1.82) is 0 Å². The van der Waals surface area contributed by atoms with Crippen LogP contribution in [0.5, 0.6) is 0 Å². The number of para-hydroxylation sites is 1. The summed E-state index contributed by atoms with van der Waals surface area (Å²) in [5.74, 6) is 0. The summed E-state index contributed by atoms with van der Waals surface area (Å²) >= 11 is 0. The molecule has 0 N–H and O–H groups in total. The summed E-state index contributed by atoms with van der Waals surface area (Å²) in [4.78, 5) is 5.42. The van der Waals surface area contributed by atoms with Crippen molar-refractivity contribution >= 4 is 89.8 Å². The number of nitrogens with zero attached hydrogens (tertiary/aromatic N) is 3. The summed E-state index contributed by atoms with van der Waals surface area (Å²) in [6.07, 6.45) is 0. The minimum Gasteiger partial charge on any atom is -0.310 e. The van der Waals surface area contributed by atoms with Crippen LogP contribution in [0.1, 0.15) is 52.7 Å². The van der Waals surface area contributed by atoms with Crippen molar-refractivity contribution in [2.75, 3.05) is 9.80 Å². The van der Waals surface area contributed by atoms with E-state index in [1.807, 2.05) is 0 Å². The maximum absolute atomic E-state index is 2.71. The smallest absolute Gasteiger partial charge is 0.252 e. The predicted molar refractivity (Wildman–Crippen MR) is 428 cm³/mol. The molecule has 16 aromatic rings. The molecule has 0 saturated heterocycles. The molecule has 0 spiro atoms. The van der Waals surface area contributed by atoms with Crippen molar-refractivity contribution in [2.45, 2.75) is 52.4 Å². The van der Waals surface area contributed by atoms with Gasteiger partial charge in [0.05, 0.1) is 28.1 Å². The number of rotatable bonds is 10. The molecule has 0 atom stereocenters. The molecular weight excluding hydrogens is 1210 g/mol. The van der Waals surface area contributed by atoms with Gasteiger partial charge in [0.15, 0.2) is 0 Å². The Labute approximate surface area is 587 Å². The summed E-state index contributed by atoms with van der Waals surface area (Å²) in [5, 5.41) is 4.88. The third kappa shape index (κ3) is 10.1. The molecule has 18 rings (SSSR count). The van der Waals surface area contributed by atoms with E-state index >= 15 is 0 Å². The first-order valence-corrected chi connectivity index (χ1v) is 35.2. The van der Waals surface area contributed by atoms with E-state index in [1.165, 1.54) is 82.4 Å². The zero-order valence-corrected chi connectivity index (χ0v) is 57.3. The molecule has 3 heterocycles. The van der Waals surface area contributed by atoms with Gasteiger partial charge >= 0.3 is 0 Å². The Balaban J connectivity index is 1.08. The highest BCUT2D eigenvalue weighted by molar-refractivity contribution is 7.00. The lowest BCUT2D eigenvalue weighted by Gasteiger charge is -2.46. The minimum atomic E-state index is -0.265. The molecule has 0 amide bonds. The Morgan fingerprint density at radius 3 is 0.960 bits per heavy atom. The molecule has 3 nitrogen and oxygen atoms in total. The molecule has 4 heteroatoms. The van der Waals surface area contributed by atoms with E-state index in [4.69, 9.17) is 0 Å². The highest BCUT2D eigenvalue weighted by Gasteiger charge is 2.46. The third-order valence-electron chi connectivity index (χ3n) is 21.0. The SMILES string of the molecule is CC(C)(C)c1cc(-c2ccccc2)c(N2c3ccc(-c4ccccc4)cc3B3c4cc(-c5ccccc5)ccc4N(c4c(-c5ccccc5)cc(C(C)(C)C)cc4-c4ccccc4)c4cc(-n5c6ccccc6c6c7ccccc7c(-c7ccccc7)cc65)cc2c43)c(-c2ccccc2)c1. The Kier molecular flexibility index (Phi) is 14.5. The van der Waals surface area contributed by atoms with Crippen LogP contribution in [0.15, 0.2) is 340 Å². The van der Waals surface area contributed by atoms with E-state index in [1.54, 1.807) is 0 Å². The third-order valence-corrected chi connectivity index (χ3v) is 21.0. The topological polar surface area (TPSA) is 11.4 Å². The van der Waals surface area contributed by atoms with Crippen LogP contribution < -0.4 is 26.2 Å². The fourth-order valence-electron chi connectivity index (χ4n) is 16.2. The standard InChI is InChI=1S/C96H74BN3/c1-95(2,3)72-56-79(66-38-20-10-21-39-66)93(80(57-72)67-40-22-11-23-41-67)99-86-52-50-70(63-32-14-7-15-33-63)54-83(86)97-84-55-71(64-34-16-8-17-35-64)51-53-87(84)100(94-81(68-42-24-12-25-43-68)58-73(96(4,5)6)59-82(94)69-44-26-13-27-45-69)90-61-74(60-89(99)92(90)97)98-85-49-31-30-48-77(85)91-76-47-29-28-46-75(76)78(62-88(91)98)65-36-18-9-19-37-65/h7-62H,1-6H3. The van der Waals surface area contributed by atoms with Gasteiger partial charge in [0.1, 0.15) is 0 Å². The first kappa shape index (κ1) is 60.4. The summed E-state index contributed by atoms with van der Waals surface area (Å²) < 4.78 is 2.60. The molecule has 2 aliphatic rings. The van der Waals surface area contributed by atoms with Crippen LogP contribution in [0.2, 0.25) is 0 Å². The van der Waals surface area contributed by atoms with Crippen molar-refractivity contribution in [2.24, 2.45) is 0 Å². The lowest BCUT2D eigenvalue weighted by molar-refractivity contribution is 0.590. The lowest BCUT2D eigenvalue weighted by atomic mass is 9.33. The van der Waals surface area contributed by atoms with Crippen LogP contribution in [0, 0.1) is 0 Å². The van der Waals surface area contributed by atoms with Gasteiger partial charge in [-0.05, 0) is 165 Å². The van der Waals surface area contributed by atoms with Crippen LogP contribution in [-0.2, 0) is 10.8 Å². The Hall–Kier alpha value is -12.0. The van der Waals surface area contributed by atoms with Crippen LogP contribution >= 0.6 is 0 Å². The molecule has 2 aliphatic heterocycles. The summed E-state index contributed by atoms with van der Waals surface area (Å²) in [6.45, 7) is 13.9. The highest BCUT2D eigenvalue weighted by Crippen LogP contribution is 2.56. The maximum Gasteiger partial charge on any atom is 0.252 e. The first-order chi connectivity index (χ1) is 48.9. The van der Waals surface area contributed by atoms with Gasteiger partial charge in [-0.3, -0.25) is 0 Å². The second-order valence-corrected chi connectivity index (χ2v) is 29.2. The molecule has 476 valence electrons. The van der Waals surface area contributed by atoms with Gasteiger partial charge in [-0.1, -0.05) is 321 Å². The van der Waals surface area contributed by atoms with Crippen LogP contribution in [0.3, 0.4) is 0 Å². The van der Waals surface area contributed by atoms with Crippen molar-refractivity contribution in [3.05, 3.63) is 351 Å². The molecule has 0 saturated carbocycles. The number of anilines is 6. The van der Waals surface area contributed by atoms with Gasteiger partial charge in [0.25, 0.3) is 6.71 Å². The summed E-state index contributed by atoms with van der Waals surface area (Å²) in [6, 6.07) is 128. The van der Waals surface area contributed by atoms with Crippen LogP contribution in [-0.4, -0.2) is 11.3 Å². The zero-order chi connectivity index (χ0) is 67.4. The molecule has 0 bridgehead atoms. The Morgan fingerprint density at radius 1 is 0.250 bits per heavy atom. The summed E-state index contributed by atoms with van der Waals surface area (Å²) in [7, 11) is 0. The zero-order valence-electron chi connectivity index (χ0n) is 57.3. The number of fused-ring (bicyclic) bond motifs is 9. The number of hydrogen-bond donors (Lipinski definition) is 0. The molecule has 1 aromatic heterocycles. The largest absolute Gasteiger partial charge is 0.310 e. The fraction of sp³-hybridized carbons (Fsp3) is 0.0833. The fourth-order valence-corrected chi connectivity index (χ4v) is 16.2. The average molecular weight is 1280 g/mol. The lowest BCUT2D eigenvalue weighted by Crippen LogP contribution is -2.61. The maximum atomic E-state index is 2.71. The van der Waals surface area contributed by atoms with Crippen molar-refractivity contribution in [3.63, 3.8) is 0 Å². The molecule has 100 heavy (non-hydrogen) atoms. The molecular formula is C96H74BN3.